The average molecular weight is 449 g/mol. The molecular formula is C21H16N6O2S2. The van der Waals surface area contributed by atoms with Crippen molar-refractivity contribution < 1.29 is 9.53 Å². The van der Waals surface area contributed by atoms with Crippen LogP contribution in [0.15, 0.2) is 54.6 Å². The van der Waals surface area contributed by atoms with Gasteiger partial charge in [-0.25, -0.2) is 4.98 Å². The molecule has 0 aliphatic rings. The van der Waals surface area contributed by atoms with Crippen LogP contribution in [0.25, 0.3) is 25.8 Å². The van der Waals surface area contributed by atoms with Crippen molar-refractivity contribution >= 4 is 44.5 Å². The van der Waals surface area contributed by atoms with Gasteiger partial charge in [-0.05, 0) is 59.8 Å². The zero-order valence-electron chi connectivity index (χ0n) is 16.6. The van der Waals surface area contributed by atoms with E-state index in [9.17, 15) is 4.79 Å². The maximum absolute atomic E-state index is 12.9. The third-order valence-corrected chi connectivity index (χ3v) is 6.91. The van der Waals surface area contributed by atoms with Gasteiger partial charge in [0.25, 0.3) is 5.91 Å². The van der Waals surface area contributed by atoms with Crippen molar-refractivity contribution in [3.63, 3.8) is 0 Å². The summed E-state index contributed by atoms with van der Waals surface area (Å²) in [6, 6.07) is 17.1. The molecule has 31 heavy (non-hydrogen) atoms. The van der Waals surface area contributed by atoms with Crippen LogP contribution in [0.3, 0.4) is 0 Å². The molecule has 0 saturated carbocycles. The number of benzene rings is 2. The predicted molar refractivity (Wildman–Crippen MR) is 121 cm³/mol. The third kappa shape index (κ3) is 3.66. The van der Waals surface area contributed by atoms with Crippen LogP contribution >= 0.6 is 22.7 Å². The second-order valence-electron chi connectivity index (χ2n) is 6.63. The molecule has 10 heteroatoms. The zero-order chi connectivity index (χ0) is 21.4. The molecule has 5 aromatic rings. The van der Waals surface area contributed by atoms with E-state index in [1.54, 1.807) is 48.3 Å². The minimum atomic E-state index is -0.193. The van der Waals surface area contributed by atoms with Gasteiger partial charge in [0, 0.05) is 5.69 Å². The normalized spacial score (nSPS) is 11.0. The van der Waals surface area contributed by atoms with E-state index in [-0.39, 0.29) is 5.91 Å². The summed E-state index contributed by atoms with van der Waals surface area (Å²) in [5.74, 6) is 1.02. The van der Waals surface area contributed by atoms with Crippen LogP contribution in [-0.2, 0) is 0 Å². The number of aryl methyl sites for hydroxylation is 1. The predicted octanol–water partition coefficient (Wildman–Crippen LogP) is 4.57. The van der Waals surface area contributed by atoms with Crippen molar-refractivity contribution in [1.82, 2.24) is 25.2 Å². The number of hydrogen-bond donors (Lipinski definition) is 1. The Morgan fingerprint density at radius 1 is 1.10 bits per heavy atom. The van der Waals surface area contributed by atoms with Gasteiger partial charge in [0.15, 0.2) is 5.82 Å². The zero-order valence-corrected chi connectivity index (χ0v) is 18.2. The number of methoxy groups -OCH3 is 1. The first-order valence-electron chi connectivity index (χ1n) is 9.33. The summed E-state index contributed by atoms with van der Waals surface area (Å²) < 4.78 is 8.10. The van der Waals surface area contributed by atoms with Crippen molar-refractivity contribution in [3.8, 4) is 21.3 Å². The number of thiophene rings is 1. The summed E-state index contributed by atoms with van der Waals surface area (Å²) in [5, 5.41) is 15.4. The van der Waals surface area contributed by atoms with Crippen LogP contribution in [0.5, 0.6) is 5.75 Å². The van der Waals surface area contributed by atoms with Crippen LogP contribution in [0.2, 0.25) is 0 Å². The minimum Gasteiger partial charge on any atom is -0.494 e. The van der Waals surface area contributed by atoms with Crippen molar-refractivity contribution in [2.75, 3.05) is 12.4 Å². The summed E-state index contributed by atoms with van der Waals surface area (Å²) in [4.78, 5) is 19.1. The Kier molecular flexibility index (Phi) is 4.92. The fraction of sp³-hybridized carbons (Fsp3) is 0.0952. The highest BCUT2D eigenvalue weighted by atomic mass is 32.1. The number of tetrazole rings is 1. The highest BCUT2D eigenvalue weighted by molar-refractivity contribution is 7.26. The molecule has 0 atom stereocenters. The molecule has 0 aliphatic carbocycles. The molecule has 1 amide bonds. The van der Waals surface area contributed by atoms with E-state index < -0.39 is 0 Å². The molecule has 3 aromatic heterocycles. The number of carbonyl (C=O) groups is 1. The summed E-state index contributed by atoms with van der Waals surface area (Å²) >= 11 is 3.03. The number of rotatable bonds is 5. The number of thiazole rings is 1. The molecule has 3 heterocycles. The molecule has 0 aliphatic heterocycles. The molecule has 0 fully saturated rings. The number of ether oxygens (including phenoxy) is 1. The number of amides is 1. The Hall–Kier alpha value is -3.63. The number of hydrogen-bond acceptors (Lipinski definition) is 8. The van der Waals surface area contributed by atoms with E-state index in [0.717, 1.165) is 20.1 Å². The SMILES string of the molecule is COc1ccc(NC(=O)c2ccc(-c3nc4ccccc4s3)s2)cc1-n1nnnc1C. The van der Waals surface area contributed by atoms with Gasteiger partial charge >= 0.3 is 0 Å². The Balaban J connectivity index is 1.40. The molecule has 0 unspecified atom stereocenters. The summed E-state index contributed by atoms with van der Waals surface area (Å²) in [6.07, 6.45) is 0. The number of nitrogens with zero attached hydrogens (tertiary/aromatic N) is 5. The minimum absolute atomic E-state index is 0.193. The van der Waals surface area contributed by atoms with E-state index in [1.165, 1.54) is 11.3 Å². The van der Waals surface area contributed by atoms with Gasteiger partial charge in [-0.2, -0.15) is 4.68 Å². The fourth-order valence-electron chi connectivity index (χ4n) is 3.13. The van der Waals surface area contributed by atoms with Crippen molar-refractivity contribution in [3.05, 3.63) is 65.3 Å². The molecule has 0 radical (unpaired) electrons. The van der Waals surface area contributed by atoms with E-state index in [1.807, 2.05) is 36.4 Å². The van der Waals surface area contributed by atoms with Gasteiger partial charge in [0.1, 0.15) is 16.4 Å². The molecule has 0 spiro atoms. The molecule has 1 N–H and O–H groups in total. The van der Waals surface area contributed by atoms with Gasteiger partial charge in [-0.1, -0.05) is 12.1 Å². The molecule has 5 rings (SSSR count). The molecule has 0 saturated heterocycles. The highest BCUT2D eigenvalue weighted by Crippen LogP contribution is 2.35. The van der Waals surface area contributed by atoms with Gasteiger partial charge in [0.05, 0.1) is 27.1 Å². The highest BCUT2D eigenvalue weighted by Gasteiger charge is 2.16. The van der Waals surface area contributed by atoms with E-state index >= 15 is 0 Å². The van der Waals surface area contributed by atoms with Crippen LogP contribution < -0.4 is 10.1 Å². The van der Waals surface area contributed by atoms with Crippen molar-refractivity contribution in [1.29, 1.82) is 0 Å². The number of nitrogens with one attached hydrogen (secondary N) is 1. The summed E-state index contributed by atoms with van der Waals surface area (Å²) in [6.45, 7) is 1.79. The smallest absolute Gasteiger partial charge is 0.265 e. The average Bonchev–Trinajstić information content (AvgIpc) is 3.52. The number of anilines is 1. The quantitative estimate of drug-likeness (QED) is 0.423. The Labute approximate surface area is 185 Å². The van der Waals surface area contributed by atoms with E-state index in [2.05, 4.69) is 25.8 Å². The fourth-order valence-corrected chi connectivity index (χ4v) is 5.05. The monoisotopic (exact) mass is 448 g/mol. The first kappa shape index (κ1) is 19.3. The first-order valence-corrected chi connectivity index (χ1v) is 11.0. The summed E-state index contributed by atoms with van der Waals surface area (Å²) in [7, 11) is 1.58. The maximum Gasteiger partial charge on any atom is 0.265 e. The van der Waals surface area contributed by atoms with Crippen LogP contribution in [0, 0.1) is 6.92 Å². The number of para-hydroxylation sites is 1. The first-order chi connectivity index (χ1) is 15.1. The van der Waals surface area contributed by atoms with Gasteiger partial charge in [-0.15, -0.1) is 27.8 Å². The lowest BCUT2D eigenvalue weighted by molar-refractivity contribution is 0.103. The summed E-state index contributed by atoms with van der Waals surface area (Å²) in [5.41, 5.74) is 2.22. The number of carbonyl (C=O) groups excluding carboxylic acids is 1. The van der Waals surface area contributed by atoms with Crippen LogP contribution in [0.1, 0.15) is 15.5 Å². The number of aromatic nitrogens is 5. The molecule has 0 bridgehead atoms. The van der Waals surface area contributed by atoms with Gasteiger partial charge in [-0.3, -0.25) is 4.79 Å². The van der Waals surface area contributed by atoms with Crippen molar-refractivity contribution in [2.45, 2.75) is 6.92 Å². The maximum atomic E-state index is 12.9. The van der Waals surface area contributed by atoms with E-state index in [4.69, 9.17) is 4.74 Å². The third-order valence-electron chi connectivity index (χ3n) is 4.62. The second-order valence-corrected chi connectivity index (χ2v) is 8.74. The topological polar surface area (TPSA) is 94.8 Å². The van der Waals surface area contributed by atoms with Crippen LogP contribution in [0.4, 0.5) is 5.69 Å². The lowest BCUT2D eigenvalue weighted by Gasteiger charge is -2.11. The van der Waals surface area contributed by atoms with E-state index in [0.29, 0.717) is 27.8 Å². The standard InChI is InChI=1S/C21H16N6O2S2/c1-12-24-25-26-27(12)15-11-13(7-8-16(15)29-2)22-20(28)18-9-10-19(30-18)21-23-14-5-3-4-6-17(14)31-21/h3-11H,1-2H3,(H,22,28). The van der Waals surface area contributed by atoms with Gasteiger partial charge < -0.3 is 10.1 Å². The lowest BCUT2D eigenvalue weighted by Crippen LogP contribution is -2.11. The van der Waals surface area contributed by atoms with Crippen LogP contribution in [-0.4, -0.2) is 38.2 Å². The Bertz CT molecular complexity index is 1370. The van der Waals surface area contributed by atoms with Crippen molar-refractivity contribution in [2.24, 2.45) is 0 Å². The second kappa shape index (κ2) is 7.89. The molecule has 2 aromatic carbocycles. The lowest BCUT2D eigenvalue weighted by atomic mass is 10.2. The Morgan fingerprint density at radius 3 is 2.74 bits per heavy atom. The number of fused-ring (bicyclic) bond motifs is 1. The molecular weight excluding hydrogens is 432 g/mol. The largest absolute Gasteiger partial charge is 0.494 e. The Morgan fingerprint density at radius 2 is 1.97 bits per heavy atom. The van der Waals surface area contributed by atoms with Gasteiger partial charge in [0.2, 0.25) is 0 Å². The molecule has 154 valence electrons. The molecule has 8 nitrogen and oxygen atoms in total.